The van der Waals surface area contributed by atoms with Crippen molar-refractivity contribution in [2.24, 2.45) is 5.73 Å². The Bertz CT molecular complexity index is 844. The van der Waals surface area contributed by atoms with Crippen LogP contribution in [0.4, 0.5) is 0 Å². The number of carboxylic acid groups (broad SMARTS) is 1. The number of nitrogens with two attached hydrogens (primary N) is 1. The Hall–Kier alpha value is -3.13. The Morgan fingerprint density at radius 3 is 2.39 bits per heavy atom. The number of H-pyrrole nitrogens is 1. The third kappa shape index (κ3) is 8.38. The minimum absolute atomic E-state index is 0.0988. The highest BCUT2D eigenvalue weighted by atomic mass is 32.1. The van der Waals surface area contributed by atoms with Crippen LogP contribution in [0.15, 0.2) is 12.5 Å². The van der Waals surface area contributed by atoms with E-state index in [1.54, 1.807) is 0 Å². The van der Waals surface area contributed by atoms with Gasteiger partial charge in [0.2, 0.25) is 23.6 Å². The van der Waals surface area contributed by atoms with E-state index in [4.69, 9.17) is 5.73 Å². The second kappa shape index (κ2) is 12.8. The molecule has 0 aliphatic carbocycles. The van der Waals surface area contributed by atoms with Gasteiger partial charge in [-0.3, -0.25) is 19.2 Å². The SMILES string of the molecule is NC(=O)CCC(NC(=O)C(CS)NC(=O)C(Cc1cnc[nH]1)NC(=O)C1CCCN1)C(=O)O. The summed E-state index contributed by atoms with van der Waals surface area (Å²) in [6, 6.07) is -3.96. The highest BCUT2D eigenvalue weighted by Crippen LogP contribution is 2.07. The van der Waals surface area contributed by atoms with Gasteiger partial charge in [-0.2, -0.15) is 12.6 Å². The van der Waals surface area contributed by atoms with Gasteiger partial charge in [0, 0.05) is 30.5 Å². The van der Waals surface area contributed by atoms with Crippen LogP contribution in [-0.4, -0.2) is 81.1 Å². The Morgan fingerprint density at radius 2 is 1.85 bits per heavy atom. The first-order chi connectivity index (χ1) is 15.7. The summed E-state index contributed by atoms with van der Waals surface area (Å²) in [6.07, 6.45) is 4.11. The van der Waals surface area contributed by atoms with Crippen LogP contribution in [0.25, 0.3) is 0 Å². The van der Waals surface area contributed by atoms with Gasteiger partial charge in [-0.25, -0.2) is 9.78 Å². The quantitative estimate of drug-likeness (QED) is 0.140. The molecule has 0 aromatic carbocycles. The van der Waals surface area contributed by atoms with Crippen molar-refractivity contribution in [3.05, 3.63) is 18.2 Å². The predicted octanol–water partition coefficient (Wildman–Crippen LogP) is -2.56. The van der Waals surface area contributed by atoms with E-state index in [0.29, 0.717) is 18.7 Å². The molecular formula is C19H29N7O6S. The van der Waals surface area contributed by atoms with Crippen molar-refractivity contribution in [3.63, 3.8) is 0 Å². The summed E-state index contributed by atoms with van der Waals surface area (Å²) in [5.74, 6) is -3.95. The number of imidazole rings is 1. The van der Waals surface area contributed by atoms with E-state index < -0.39 is 47.9 Å². The van der Waals surface area contributed by atoms with E-state index in [9.17, 15) is 29.1 Å². The zero-order valence-corrected chi connectivity index (χ0v) is 18.8. The molecule has 182 valence electrons. The molecule has 14 heteroatoms. The number of thiol groups is 1. The summed E-state index contributed by atoms with van der Waals surface area (Å²) >= 11 is 4.08. The van der Waals surface area contributed by atoms with Crippen molar-refractivity contribution in [2.75, 3.05) is 12.3 Å². The van der Waals surface area contributed by atoms with Crippen LogP contribution < -0.4 is 27.0 Å². The van der Waals surface area contributed by atoms with Crippen molar-refractivity contribution in [3.8, 4) is 0 Å². The highest BCUT2D eigenvalue weighted by molar-refractivity contribution is 7.80. The van der Waals surface area contributed by atoms with Gasteiger partial charge in [-0.15, -0.1) is 0 Å². The maximum atomic E-state index is 13.0. The minimum atomic E-state index is -1.36. The monoisotopic (exact) mass is 483 g/mol. The van der Waals surface area contributed by atoms with Gasteiger partial charge in [0.25, 0.3) is 0 Å². The van der Waals surface area contributed by atoms with Crippen molar-refractivity contribution in [2.45, 2.75) is 56.3 Å². The lowest BCUT2D eigenvalue weighted by molar-refractivity contribution is -0.142. The van der Waals surface area contributed by atoms with Crippen molar-refractivity contribution < 1.29 is 29.1 Å². The van der Waals surface area contributed by atoms with E-state index in [0.717, 1.165) is 6.42 Å². The van der Waals surface area contributed by atoms with Crippen LogP contribution in [0.1, 0.15) is 31.4 Å². The fraction of sp³-hybridized carbons (Fsp3) is 0.579. The second-order valence-electron chi connectivity index (χ2n) is 7.64. The molecule has 1 aliphatic heterocycles. The summed E-state index contributed by atoms with van der Waals surface area (Å²) in [5, 5.41) is 19.8. The van der Waals surface area contributed by atoms with Crippen LogP contribution in [0.3, 0.4) is 0 Å². The molecule has 4 unspecified atom stereocenters. The summed E-state index contributed by atoms with van der Waals surface area (Å²) < 4.78 is 0. The maximum Gasteiger partial charge on any atom is 0.326 e. The molecule has 1 aliphatic rings. The molecule has 0 spiro atoms. The standard InChI is InChI=1S/C19H29N7O6S/c20-15(27)4-3-12(19(31)32)24-18(30)14(8-33)26-17(29)13(6-10-7-21-9-23-10)25-16(28)11-2-1-5-22-11/h7,9,11-14,22,33H,1-6,8H2,(H2,20,27)(H,21,23)(H,24,30)(H,25,28)(H,26,29)(H,31,32). The molecule has 33 heavy (non-hydrogen) atoms. The van der Waals surface area contributed by atoms with Crippen LogP contribution in [0.5, 0.6) is 0 Å². The van der Waals surface area contributed by atoms with Crippen LogP contribution in [-0.2, 0) is 30.4 Å². The average Bonchev–Trinajstić information content (AvgIpc) is 3.48. The first-order valence-electron chi connectivity index (χ1n) is 10.4. The van der Waals surface area contributed by atoms with Gasteiger partial charge in [-0.05, 0) is 25.8 Å². The van der Waals surface area contributed by atoms with Crippen molar-refractivity contribution in [1.29, 1.82) is 0 Å². The number of carboxylic acids is 1. The van der Waals surface area contributed by atoms with Crippen LogP contribution in [0, 0.1) is 0 Å². The zero-order chi connectivity index (χ0) is 24.4. The number of amides is 4. The molecule has 1 aromatic heterocycles. The molecular weight excluding hydrogens is 454 g/mol. The van der Waals surface area contributed by atoms with E-state index in [2.05, 4.69) is 43.9 Å². The topological polar surface area (TPSA) is 208 Å². The molecule has 8 N–H and O–H groups in total. The molecule has 0 saturated carbocycles. The van der Waals surface area contributed by atoms with E-state index in [-0.39, 0.29) is 30.9 Å². The number of aromatic amines is 1. The van der Waals surface area contributed by atoms with E-state index in [1.807, 2.05) is 0 Å². The van der Waals surface area contributed by atoms with Crippen molar-refractivity contribution in [1.82, 2.24) is 31.2 Å². The van der Waals surface area contributed by atoms with Crippen LogP contribution >= 0.6 is 12.6 Å². The van der Waals surface area contributed by atoms with E-state index >= 15 is 0 Å². The molecule has 4 amide bonds. The molecule has 2 rings (SSSR count). The Labute approximate surface area is 195 Å². The Balaban J connectivity index is 2.05. The average molecular weight is 484 g/mol. The Kier molecular flexibility index (Phi) is 10.1. The summed E-state index contributed by atoms with van der Waals surface area (Å²) in [4.78, 5) is 67.2. The summed E-state index contributed by atoms with van der Waals surface area (Å²) in [5.41, 5.74) is 5.63. The third-order valence-electron chi connectivity index (χ3n) is 5.10. The molecule has 1 fully saturated rings. The van der Waals surface area contributed by atoms with E-state index in [1.165, 1.54) is 12.5 Å². The smallest absolute Gasteiger partial charge is 0.326 e. The minimum Gasteiger partial charge on any atom is -0.480 e. The third-order valence-corrected chi connectivity index (χ3v) is 5.46. The van der Waals surface area contributed by atoms with Gasteiger partial charge in [0.1, 0.15) is 18.1 Å². The number of hydrogen-bond donors (Lipinski definition) is 8. The molecule has 0 radical (unpaired) electrons. The number of carbonyl (C=O) groups excluding carboxylic acids is 4. The number of primary amides is 1. The largest absolute Gasteiger partial charge is 0.480 e. The fourth-order valence-corrected chi connectivity index (χ4v) is 3.55. The van der Waals surface area contributed by atoms with Crippen LogP contribution in [0.2, 0.25) is 0 Å². The van der Waals surface area contributed by atoms with Gasteiger partial charge in [0.15, 0.2) is 0 Å². The predicted molar refractivity (Wildman–Crippen MR) is 119 cm³/mol. The molecule has 4 atom stereocenters. The van der Waals surface area contributed by atoms with Gasteiger partial charge < -0.3 is 37.1 Å². The molecule has 1 saturated heterocycles. The number of hydrogen-bond acceptors (Lipinski definition) is 8. The van der Waals surface area contributed by atoms with Gasteiger partial charge in [-0.1, -0.05) is 0 Å². The Morgan fingerprint density at radius 1 is 1.15 bits per heavy atom. The number of rotatable bonds is 13. The highest BCUT2D eigenvalue weighted by Gasteiger charge is 2.31. The van der Waals surface area contributed by atoms with Gasteiger partial charge in [0.05, 0.1) is 12.4 Å². The number of nitrogens with one attached hydrogen (secondary N) is 5. The molecule has 0 bridgehead atoms. The lowest BCUT2D eigenvalue weighted by atomic mass is 10.1. The zero-order valence-electron chi connectivity index (χ0n) is 17.9. The summed E-state index contributed by atoms with van der Waals surface area (Å²) in [7, 11) is 0. The lowest BCUT2D eigenvalue weighted by Crippen LogP contribution is -2.58. The molecule has 2 heterocycles. The van der Waals surface area contributed by atoms with Crippen molar-refractivity contribution >= 4 is 42.2 Å². The lowest BCUT2D eigenvalue weighted by Gasteiger charge is -2.24. The fourth-order valence-electron chi connectivity index (χ4n) is 3.29. The number of aromatic nitrogens is 2. The van der Waals surface area contributed by atoms with Gasteiger partial charge >= 0.3 is 5.97 Å². The first-order valence-corrected chi connectivity index (χ1v) is 11.1. The number of carbonyl (C=O) groups is 5. The molecule has 13 nitrogen and oxygen atoms in total. The molecule has 1 aromatic rings. The first kappa shape index (κ1) is 26.1. The number of nitrogens with zero attached hydrogens (tertiary/aromatic N) is 1. The normalized spacial score (nSPS) is 18.0. The maximum absolute atomic E-state index is 13.0. The number of aliphatic carboxylic acids is 1. The summed E-state index contributed by atoms with van der Waals surface area (Å²) in [6.45, 7) is 0.706. The second-order valence-corrected chi connectivity index (χ2v) is 8.00.